The number of anilines is 1. The second kappa shape index (κ2) is 6.83. The fourth-order valence-corrected chi connectivity index (χ4v) is 3.80. The molecule has 6 heteroatoms. The first-order chi connectivity index (χ1) is 13.0. The second-order valence-electron chi connectivity index (χ2n) is 7.54. The molecule has 0 bridgehead atoms. The van der Waals surface area contributed by atoms with E-state index < -0.39 is 0 Å². The Bertz CT molecular complexity index is 949. The van der Waals surface area contributed by atoms with Gasteiger partial charge in [-0.1, -0.05) is 6.07 Å². The number of methoxy groups -OCH3 is 1. The Balaban J connectivity index is 1.64. The molecule has 1 aliphatic carbocycles. The third kappa shape index (κ3) is 3.36. The van der Waals surface area contributed by atoms with Gasteiger partial charge in [-0.25, -0.2) is 4.39 Å². The fourth-order valence-electron chi connectivity index (χ4n) is 3.80. The number of carbonyl (C=O) groups excluding carboxylic acids is 1. The van der Waals surface area contributed by atoms with E-state index in [0.717, 1.165) is 18.4 Å². The van der Waals surface area contributed by atoms with E-state index in [1.165, 1.54) is 18.1 Å². The van der Waals surface area contributed by atoms with Gasteiger partial charge in [0, 0.05) is 37.7 Å². The molecular formula is C21H23FN2O3. The average Bonchev–Trinajstić information content (AvgIpc) is 3.39. The quantitative estimate of drug-likeness (QED) is 0.812. The Hall–Kier alpha value is -2.63. The van der Waals surface area contributed by atoms with Gasteiger partial charge in [0.25, 0.3) is 5.56 Å². The minimum absolute atomic E-state index is 0.133. The largest absolute Gasteiger partial charge is 0.497 e. The second-order valence-corrected chi connectivity index (χ2v) is 7.54. The number of nitrogens with zero attached hydrogens (tertiary/aromatic N) is 2. The molecule has 2 aliphatic rings. The molecule has 0 N–H and O–H groups in total. The van der Waals surface area contributed by atoms with Crippen LogP contribution in [-0.2, 0) is 11.3 Å². The lowest BCUT2D eigenvalue weighted by molar-refractivity contribution is -0.117. The van der Waals surface area contributed by atoms with Crippen molar-refractivity contribution in [1.29, 1.82) is 0 Å². The highest BCUT2D eigenvalue weighted by Crippen LogP contribution is 2.34. The number of halogens is 1. The molecule has 1 amide bonds. The summed E-state index contributed by atoms with van der Waals surface area (Å²) in [7, 11) is 1.49. The monoisotopic (exact) mass is 370 g/mol. The SMILES string of the molecule is COc1ccc([C@H]2CC(=O)N(c3c(C)ccn(CC4CC4)c3=O)C2)c(F)c1. The molecule has 0 unspecified atom stereocenters. The van der Waals surface area contributed by atoms with Crippen LogP contribution in [0.1, 0.15) is 36.3 Å². The highest BCUT2D eigenvalue weighted by molar-refractivity contribution is 5.97. The lowest BCUT2D eigenvalue weighted by Crippen LogP contribution is -2.34. The molecule has 1 aromatic heterocycles. The number of aryl methyl sites for hydroxylation is 1. The predicted octanol–water partition coefficient (Wildman–Crippen LogP) is 3.23. The van der Waals surface area contributed by atoms with Crippen LogP contribution < -0.4 is 15.2 Å². The van der Waals surface area contributed by atoms with Crippen LogP contribution in [0.3, 0.4) is 0 Å². The lowest BCUT2D eigenvalue weighted by atomic mass is 9.97. The van der Waals surface area contributed by atoms with Crippen molar-refractivity contribution in [2.45, 2.75) is 38.6 Å². The standard InChI is InChI=1S/C21H23FN2O3/c1-13-7-8-23(11-14-3-4-14)21(26)20(13)24-12-15(9-19(24)25)17-6-5-16(27-2)10-18(17)22/h5-8,10,14-15H,3-4,9,11-12H2,1-2H3/t15-/m0/s1. The van der Waals surface area contributed by atoms with E-state index in [1.807, 2.05) is 13.0 Å². The highest BCUT2D eigenvalue weighted by Gasteiger charge is 2.35. The van der Waals surface area contributed by atoms with E-state index >= 15 is 0 Å². The summed E-state index contributed by atoms with van der Waals surface area (Å²) in [5.74, 6) is 0.205. The first-order valence-electron chi connectivity index (χ1n) is 9.31. The van der Waals surface area contributed by atoms with Gasteiger partial charge in [0.05, 0.1) is 7.11 Å². The Labute approximate surface area is 157 Å². The van der Waals surface area contributed by atoms with Crippen molar-refractivity contribution in [1.82, 2.24) is 4.57 Å². The maximum atomic E-state index is 14.4. The van der Waals surface area contributed by atoms with Crippen molar-refractivity contribution in [3.05, 3.63) is 57.8 Å². The van der Waals surface area contributed by atoms with Crippen LogP contribution in [0.2, 0.25) is 0 Å². The molecule has 0 spiro atoms. The van der Waals surface area contributed by atoms with Crippen molar-refractivity contribution in [3.8, 4) is 5.75 Å². The third-order valence-corrected chi connectivity index (χ3v) is 5.54. The molecule has 27 heavy (non-hydrogen) atoms. The van der Waals surface area contributed by atoms with Crippen LogP contribution >= 0.6 is 0 Å². The smallest absolute Gasteiger partial charge is 0.274 e. The lowest BCUT2D eigenvalue weighted by Gasteiger charge is -2.20. The molecule has 2 fully saturated rings. The molecular weight excluding hydrogens is 347 g/mol. The molecule has 1 saturated heterocycles. The van der Waals surface area contributed by atoms with Gasteiger partial charge in [-0.3, -0.25) is 9.59 Å². The van der Waals surface area contributed by atoms with Crippen molar-refractivity contribution in [2.75, 3.05) is 18.6 Å². The van der Waals surface area contributed by atoms with E-state index in [9.17, 15) is 14.0 Å². The first kappa shape index (κ1) is 17.8. The van der Waals surface area contributed by atoms with Crippen molar-refractivity contribution in [3.63, 3.8) is 0 Å². The van der Waals surface area contributed by atoms with Crippen molar-refractivity contribution >= 4 is 11.6 Å². The number of aromatic nitrogens is 1. The Kier molecular flexibility index (Phi) is 4.50. The van der Waals surface area contributed by atoms with Gasteiger partial charge in [0.1, 0.15) is 17.3 Å². The van der Waals surface area contributed by atoms with Gasteiger partial charge in [-0.05, 0) is 48.9 Å². The van der Waals surface area contributed by atoms with Crippen LogP contribution in [0.5, 0.6) is 5.75 Å². The number of carbonyl (C=O) groups is 1. The Morgan fingerprint density at radius 2 is 2.00 bits per heavy atom. The van der Waals surface area contributed by atoms with E-state index in [-0.39, 0.29) is 29.6 Å². The molecule has 0 radical (unpaired) electrons. The molecule has 1 saturated carbocycles. The summed E-state index contributed by atoms with van der Waals surface area (Å²) >= 11 is 0. The summed E-state index contributed by atoms with van der Waals surface area (Å²) in [5, 5.41) is 0. The summed E-state index contributed by atoms with van der Waals surface area (Å²) in [6.07, 6.45) is 4.30. The third-order valence-electron chi connectivity index (χ3n) is 5.54. The van der Waals surface area contributed by atoms with Crippen LogP contribution in [0.25, 0.3) is 0 Å². The van der Waals surface area contributed by atoms with E-state index in [0.29, 0.717) is 36.0 Å². The zero-order valence-electron chi connectivity index (χ0n) is 15.6. The van der Waals surface area contributed by atoms with Gasteiger partial charge < -0.3 is 14.2 Å². The molecule has 1 aromatic carbocycles. The molecule has 1 atom stereocenters. The molecule has 1 aliphatic heterocycles. The van der Waals surface area contributed by atoms with Gasteiger partial charge in [0.15, 0.2) is 0 Å². The van der Waals surface area contributed by atoms with E-state index in [2.05, 4.69) is 0 Å². The number of hydrogen-bond acceptors (Lipinski definition) is 3. The number of amides is 1. The van der Waals surface area contributed by atoms with Crippen LogP contribution in [-0.4, -0.2) is 24.1 Å². The van der Waals surface area contributed by atoms with Gasteiger partial charge in [-0.2, -0.15) is 0 Å². The number of hydrogen-bond donors (Lipinski definition) is 0. The normalized spacial score (nSPS) is 19.6. The van der Waals surface area contributed by atoms with Gasteiger partial charge in [-0.15, -0.1) is 0 Å². The maximum Gasteiger partial charge on any atom is 0.274 e. The fraction of sp³-hybridized carbons (Fsp3) is 0.429. The highest BCUT2D eigenvalue weighted by atomic mass is 19.1. The number of benzene rings is 1. The summed E-state index contributed by atoms with van der Waals surface area (Å²) in [6.45, 7) is 2.85. The molecule has 2 heterocycles. The van der Waals surface area contributed by atoms with Crippen molar-refractivity contribution < 1.29 is 13.9 Å². The summed E-state index contributed by atoms with van der Waals surface area (Å²) in [6, 6.07) is 6.58. The topological polar surface area (TPSA) is 51.5 Å². The Morgan fingerprint density at radius 1 is 1.22 bits per heavy atom. The number of pyridine rings is 1. The van der Waals surface area contributed by atoms with Crippen LogP contribution in [0.4, 0.5) is 10.1 Å². The molecule has 2 aromatic rings. The van der Waals surface area contributed by atoms with Gasteiger partial charge >= 0.3 is 0 Å². The molecule has 4 rings (SSSR count). The predicted molar refractivity (Wildman–Crippen MR) is 101 cm³/mol. The van der Waals surface area contributed by atoms with Gasteiger partial charge in [0.2, 0.25) is 5.91 Å². The summed E-state index contributed by atoms with van der Waals surface area (Å²) in [5.41, 5.74) is 1.56. The Morgan fingerprint density at radius 3 is 2.67 bits per heavy atom. The zero-order valence-corrected chi connectivity index (χ0v) is 15.6. The summed E-state index contributed by atoms with van der Waals surface area (Å²) in [4.78, 5) is 27.2. The number of rotatable bonds is 5. The zero-order chi connectivity index (χ0) is 19.1. The molecule has 142 valence electrons. The van der Waals surface area contributed by atoms with Crippen molar-refractivity contribution in [2.24, 2.45) is 5.92 Å². The first-order valence-corrected chi connectivity index (χ1v) is 9.31. The maximum absolute atomic E-state index is 14.4. The average molecular weight is 370 g/mol. The number of ether oxygens (including phenoxy) is 1. The minimum atomic E-state index is -0.384. The summed E-state index contributed by atoms with van der Waals surface area (Å²) < 4.78 is 21.2. The van der Waals surface area contributed by atoms with Crippen LogP contribution in [0.15, 0.2) is 35.3 Å². The van der Waals surface area contributed by atoms with Crippen LogP contribution in [0, 0.1) is 18.7 Å². The van der Waals surface area contributed by atoms with E-state index in [1.54, 1.807) is 22.9 Å². The minimum Gasteiger partial charge on any atom is -0.497 e. The molecule has 5 nitrogen and oxygen atoms in total. The van der Waals surface area contributed by atoms with E-state index in [4.69, 9.17) is 4.74 Å².